The molecule has 9 rings (SSSR count). The highest BCUT2D eigenvalue weighted by Crippen LogP contribution is 2.47. The van der Waals surface area contributed by atoms with E-state index in [1.807, 2.05) is 0 Å². The predicted octanol–water partition coefficient (Wildman–Crippen LogP) is 3.96. The zero-order valence-electron chi connectivity index (χ0n) is 30.3. The van der Waals surface area contributed by atoms with Crippen molar-refractivity contribution < 1.29 is 9.53 Å². The summed E-state index contributed by atoms with van der Waals surface area (Å²) in [4.78, 5) is 13.9. The predicted molar refractivity (Wildman–Crippen MR) is 191 cm³/mol. The van der Waals surface area contributed by atoms with Crippen LogP contribution in [0, 0.1) is 53.3 Å². The number of hydrogen-bond donors (Lipinski definition) is 8. The van der Waals surface area contributed by atoms with Crippen LogP contribution in [0.5, 0.6) is 0 Å². The van der Waals surface area contributed by atoms with Gasteiger partial charge in [0.05, 0.1) is 61.9 Å². The molecule has 9 aliphatic rings. The van der Waals surface area contributed by atoms with Gasteiger partial charge in [0.1, 0.15) is 0 Å². The highest BCUT2D eigenvalue weighted by Gasteiger charge is 2.56. The monoisotopic (exact) mass is 681 g/mol. The number of unbranched alkanes of at least 4 members (excludes halogenated alkanes) is 3. The second kappa shape index (κ2) is 14.9. The van der Waals surface area contributed by atoms with Gasteiger partial charge in [0.2, 0.25) is 0 Å². The fourth-order valence-electron chi connectivity index (χ4n) is 13.1. The maximum absolute atomic E-state index is 13.9. The Morgan fingerprint density at radius 3 is 1.22 bits per heavy atom. The minimum atomic E-state index is -0.0437. The first-order chi connectivity index (χ1) is 24.2. The Labute approximate surface area is 295 Å². The van der Waals surface area contributed by atoms with Crippen LogP contribution < -0.4 is 42.5 Å². The lowest BCUT2D eigenvalue weighted by Crippen LogP contribution is -2.62. The highest BCUT2D eigenvalue weighted by molar-refractivity contribution is 5.73. The summed E-state index contributed by atoms with van der Waals surface area (Å²) in [5.74, 6) is 4.58. The lowest BCUT2D eigenvalue weighted by Gasteiger charge is -2.38. The number of esters is 1. The smallest absolute Gasteiger partial charge is 0.309 e. The Kier molecular flexibility index (Phi) is 10.3. The Morgan fingerprint density at radius 1 is 0.449 bits per heavy atom. The van der Waals surface area contributed by atoms with E-state index >= 15 is 0 Å². The lowest BCUT2D eigenvalue weighted by atomic mass is 9.71. The average Bonchev–Trinajstić information content (AvgIpc) is 3.87. The summed E-state index contributed by atoms with van der Waals surface area (Å²) in [7, 11) is 0. The van der Waals surface area contributed by atoms with Crippen molar-refractivity contribution in [2.24, 2.45) is 53.3 Å². The Hall–Kier alpha value is -0.850. The summed E-state index contributed by atoms with van der Waals surface area (Å²) in [5, 5.41) is 33.6. The molecule has 8 bridgehead atoms. The second-order valence-electron chi connectivity index (χ2n) is 18.0. The molecule has 0 radical (unpaired) electrons. The van der Waals surface area contributed by atoms with E-state index in [4.69, 9.17) is 4.74 Å². The van der Waals surface area contributed by atoms with Crippen LogP contribution in [0.1, 0.15) is 129 Å². The first kappa shape index (κ1) is 34.0. The van der Waals surface area contributed by atoms with Gasteiger partial charge in [0, 0.05) is 5.92 Å². The number of carbonyl (C=O) groups excluding carboxylic acids is 1. The molecule has 0 spiro atoms. The van der Waals surface area contributed by atoms with E-state index < -0.39 is 0 Å². The minimum absolute atomic E-state index is 0.0437. The number of rotatable bonds is 6. The molecule has 17 unspecified atom stereocenters. The van der Waals surface area contributed by atoms with Crippen molar-refractivity contribution in [2.45, 2.75) is 178 Å². The summed E-state index contributed by atoms with van der Waals surface area (Å²) < 4.78 is 6.07. The maximum atomic E-state index is 13.9. The summed E-state index contributed by atoms with van der Waals surface area (Å²) in [6, 6.07) is 0. The van der Waals surface area contributed by atoms with E-state index in [2.05, 4.69) is 49.5 Å². The van der Waals surface area contributed by atoms with E-state index in [1.54, 1.807) is 0 Å². The molecule has 17 atom stereocenters. The number of carbonyl (C=O) groups is 1. The zero-order chi connectivity index (χ0) is 32.9. The van der Waals surface area contributed by atoms with Gasteiger partial charge in [-0.25, -0.2) is 0 Å². The molecule has 0 amide bonds. The third-order valence-electron chi connectivity index (χ3n) is 15.4. The average molecular weight is 681 g/mol. The number of hydrogen-bond acceptors (Lipinski definition) is 10. The molecular weight excluding hydrogens is 612 g/mol. The van der Waals surface area contributed by atoms with Crippen LogP contribution in [0.15, 0.2) is 0 Å². The molecule has 49 heavy (non-hydrogen) atoms. The van der Waals surface area contributed by atoms with Crippen molar-refractivity contribution in [1.82, 2.24) is 42.5 Å². The zero-order valence-corrected chi connectivity index (χ0v) is 30.3. The maximum Gasteiger partial charge on any atom is 0.309 e. The molecule has 4 aliphatic carbocycles. The minimum Gasteiger partial charge on any atom is -0.465 e. The van der Waals surface area contributed by atoms with E-state index in [0.29, 0.717) is 72.7 Å². The molecule has 8 N–H and O–H groups in total. The van der Waals surface area contributed by atoms with E-state index in [-0.39, 0.29) is 42.5 Å². The summed E-state index contributed by atoms with van der Waals surface area (Å²) >= 11 is 0. The molecule has 0 aromatic heterocycles. The van der Waals surface area contributed by atoms with Gasteiger partial charge < -0.3 is 4.74 Å². The SMILES string of the molecule is CCCCCCOC(=O)C1CCCC2C3NC4NC(NC5NC(NC6NC(NC(N3)C12)C1CCCCC61)C1CCCCC51)C1CCCCC41. The van der Waals surface area contributed by atoms with Crippen LogP contribution in [0.3, 0.4) is 0 Å². The third-order valence-corrected chi connectivity index (χ3v) is 15.4. The van der Waals surface area contributed by atoms with Crippen molar-refractivity contribution in [3.63, 3.8) is 0 Å². The van der Waals surface area contributed by atoms with Gasteiger partial charge in [-0.3, -0.25) is 47.3 Å². The number of fused-ring (bicyclic) bond motifs is 20. The summed E-state index contributed by atoms with van der Waals surface area (Å²) in [6.07, 6.45) is 25.9. The van der Waals surface area contributed by atoms with Gasteiger partial charge in [0.15, 0.2) is 0 Å². The number of nitrogens with one attached hydrogen (secondary N) is 8. The molecule has 4 saturated carbocycles. The Balaban J connectivity index is 1.02. The van der Waals surface area contributed by atoms with Gasteiger partial charge in [-0.1, -0.05) is 71.1 Å². The second-order valence-corrected chi connectivity index (χ2v) is 18.0. The van der Waals surface area contributed by atoms with E-state index in [0.717, 1.165) is 25.7 Å². The molecule has 0 aromatic carbocycles. The Bertz CT molecular complexity index is 1140. The van der Waals surface area contributed by atoms with E-state index in [1.165, 1.54) is 96.3 Å². The normalized spacial score (nSPS) is 50.6. The van der Waals surface area contributed by atoms with Crippen LogP contribution in [-0.4, -0.2) is 61.9 Å². The van der Waals surface area contributed by atoms with Gasteiger partial charge >= 0.3 is 5.97 Å². The first-order valence-electron chi connectivity index (χ1n) is 21.4. The van der Waals surface area contributed by atoms with Gasteiger partial charge in [-0.15, -0.1) is 0 Å². The van der Waals surface area contributed by atoms with Gasteiger partial charge in [-0.2, -0.15) is 0 Å². The Morgan fingerprint density at radius 2 is 0.816 bits per heavy atom. The lowest BCUT2D eigenvalue weighted by molar-refractivity contribution is -0.153. The van der Waals surface area contributed by atoms with Crippen LogP contribution in [0.4, 0.5) is 0 Å². The fourth-order valence-corrected chi connectivity index (χ4v) is 13.1. The highest BCUT2D eigenvalue weighted by atomic mass is 16.5. The molecular formula is C39H68N8O2. The van der Waals surface area contributed by atoms with Crippen molar-refractivity contribution in [3.05, 3.63) is 0 Å². The molecule has 0 aromatic rings. The van der Waals surface area contributed by atoms with Crippen LogP contribution in [0.2, 0.25) is 0 Å². The van der Waals surface area contributed by atoms with Gasteiger partial charge in [-0.05, 0) is 99.2 Å². The molecule has 10 nitrogen and oxygen atoms in total. The number of ether oxygens (including phenoxy) is 1. The quantitative estimate of drug-likeness (QED) is 0.155. The van der Waals surface area contributed by atoms with Crippen molar-refractivity contribution in [2.75, 3.05) is 6.61 Å². The third kappa shape index (κ3) is 6.55. The topological polar surface area (TPSA) is 123 Å². The first-order valence-corrected chi connectivity index (χ1v) is 21.4. The van der Waals surface area contributed by atoms with Crippen LogP contribution >= 0.6 is 0 Å². The van der Waals surface area contributed by atoms with Crippen molar-refractivity contribution in [3.8, 4) is 0 Å². The van der Waals surface area contributed by atoms with Crippen LogP contribution in [-0.2, 0) is 9.53 Å². The fraction of sp³-hybridized carbons (Fsp3) is 0.974. The largest absolute Gasteiger partial charge is 0.465 e. The van der Waals surface area contributed by atoms with Crippen LogP contribution in [0.25, 0.3) is 0 Å². The standard InChI is InChI=1S/C39H68N8O2/c1-2-3-4-11-21-49-39(48)29-20-12-19-28-30(29)38-46-36-27-18-10-9-17-26(27)34(44-36)42-32-23-14-6-5-13-22(23)31(40-32)41-33-24-15-7-8-16-25(24)35(43-33)45-37(28)47-38/h22-38,40-47H,2-21H2,1H3. The van der Waals surface area contributed by atoms with Crippen molar-refractivity contribution >= 4 is 5.97 Å². The summed E-state index contributed by atoms with van der Waals surface area (Å²) in [5.41, 5.74) is 0. The molecule has 9 fully saturated rings. The molecule has 276 valence electrons. The van der Waals surface area contributed by atoms with E-state index in [9.17, 15) is 4.79 Å². The van der Waals surface area contributed by atoms with Crippen molar-refractivity contribution in [1.29, 1.82) is 0 Å². The molecule has 5 heterocycles. The molecule has 10 heteroatoms. The summed E-state index contributed by atoms with van der Waals surface area (Å²) in [6.45, 7) is 2.81. The molecule has 5 saturated heterocycles. The van der Waals surface area contributed by atoms with Gasteiger partial charge in [0.25, 0.3) is 0 Å². The molecule has 5 aliphatic heterocycles.